The SMILES string of the molecule is CC(=O)c1ccc(F)cc1.Cn1ncc2c1Cc1ccccc1NC2. The van der Waals surface area contributed by atoms with E-state index in [4.69, 9.17) is 0 Å². The minimum Gasteiger partial charge on any atom is -0.381 e. The highest BCUT2D eigenvalue weighted by Gasteiger charge is 2.15. The maximum Gasteiger partial charge on any atom is 0.159 e. The van der Waals surface area contributed by atoms with Gasteiger partial charge in [0, 0.05) is 42.5 Å². The molecule has 0 fully saturated rings. The van der Waals surface area contributed by atoms with Gasteiger partial charge in [-0.3, -0.25) is 9.48 Å². The van der Waals surface area contributed by atoms with Crippen LogP contribution >= 0.6 is 0 Å². The molecule has 5 heteroatoms. The molecule has 0 aliphatic carbocycles. The Morgan fingerprint density at radius 2 is 1.84 bits per heavy atom. The second-order valence-electron chi connectivity index (χ2n) is 5.99. The number of Topliss-reactive ketones (excluding diaryl/α,β-unsaturated/α-hetero) is 1. The van der Waals surface area contributed by atoms with Gasteiger partial charge in [0.2, 0.25) is 0 Å². The minimum absolute atomic E-state index is 0.0417. The van der Waals surface area contributed by atoms with Crippen LogP contribution in [0.1, 0.15) is 34.1 Å². The molecule has 0 atom stereocenters. The number of rotatable bonds is 1. The van der Waals surface area contributed by atoms with Crippen molar-refractivity contribution in [3.8, 4) is 0 Å². The van der Waals surface area contributed by atoms with Crippen LogP contribution in [0.15, 0.2) is 54.7 Å². The Morgan fingerprint density at radius 1 is 1.12 bits per heavy atom. The molecule has 1 N–H and O–H groups in total. The van der Waals surface area contributed by atoms with Crippen LogP contribution in [-0.2, 0) is 20.0 Å². The van der Waals surface area contributed by atoms with Gasteiger partial charge in [0.25, 0.3) is 0 Å². The van der Waals surface area contributed by atoms with Crippen molar-refractivity contribution in [2.24, 2.45) is 7.05 Å². The molecule has 0 bridgehead atoms. The van der Waals surface area contributed by atoms with Crippen LogP contribution in [0.2, 0.25) is 0 Å². The van der Waals surface area contributed by atoms with Gasteiger partial charge < -0.3 is 5.32 Å². The second kappa shape index (κ2) is 7.30. The Balaban J connectivity index is 0.000000160. The van der Waals surface area contributed by atoms with Gasteiger partial charge in [-0.15, -0.1) is 0 Å². The summed E-state index contributed by atoms with van der Waals surface area (Å²) < 4.78 is 14.2. The summed E-state index contributed by atoms with van der Waals surface area (Å²) in [5, 5.41) is 7.73. The van der Waals surface area contributed by atoms with E-state index in [1.807, 2.05) is 17.9 Å². The smallest absolute Gasteiger partial charge is 0.159 e. The molecule has 1 aromatic heterocycles. The van der Waals surface area contributed by atoms with Crippen molar-refractivity contribution >= 4 is 11.5 Å². The molecule has 0 unspecified atom stereocenters. The van der Waals surface area contributed by atoms with Crippen molar-refractivity contribution in [3.63, 3.8) is 0 Å². The van der Waals surface area contributed by atoms with Crippen molar-refractivity contribution < 1.29 is 9.18 Å². The van der Waals surface area contributed by atoms with E-state index in [1.165, 1.54) is 53.7 Å². The van der Waals surface area contributed by atoms with Gasteiger partial charge in [-0.1, -0.05) is 18.2 Å². The number of benzene rings is 2. The first kappa shape index (κ1) is 16.9. The summed E-state index contributed by atoms with van der Waals surface area (Å²) in [6, 6.07) is 13.9. The van der Waals surface area contributed by atoms with Crippen LogP contribution in [0, 0.1) is 5.82 Å². The first-order valence-electron chi connectivity index (χ1n) is 8.12. The van der Waals surface area contributed by atoms with Crippen LogP contribution in [0.5, 0.6) is 0 Å². The molecule has 0 saturated carbocycles. The number of aromatic nitrogens is 2. The van der Waals surface area contributed by atoms with Gasteiger partial charge in [0.05, 0.1) is 6.20 Å². The average Bonchev–Trinajstić information content (AvgIpc) is 2.85. The van der Waals surface area contributed by atoms with Crippen LogP contribution in [0.4, 0.5) is 10.1 Å². The van der Waals surface area contributed by atoms with Crippen LogP contribution < -0.4 is 5.32 Å². The number of para-hydroxylation sites is 1. The molecule has 25 heavy (non-hydrogen) atoms. The fraction of sp³-hybridized carbons (Fsp3) is 0.200. The summed E-state index contributed by atoms with van der Waals surface area (Å²) in [5.74, 6) is -0.356. The number of halogens is 1. The lowest BCUT2D eigenvalue weighted by Crippen LogP contribution is -2.00. The molecule has 0 amide bonds. The molecule has 128 valence electrons. The maximum atomic E-state index is 12.2. The number of hydrogen-bond acceptors (Lipinski definition) is 3. The zero-order valence-corrected chi connectivity index (χ0v) is 14.3. The van der Waals surface area contributed by atoms with E-state index in [1.54, 1.807) is 0 Å². The Hall–Kier alpha value is -2.95. The predicted octanol–water partition coefficient (Wildman–Crippen LogP) is 3.96. The van der Waals surface area contributed by atoms with Gasteiger partial charge in [-0.2, -0.15) is 5.10 Å². The highest BCUT2D eigenvalue weighted by atomic mass is 19.1. The number of carbonyl (C=O) groups excluding carboxylic acids is 1. The summed E-state index contributed by atoms with van der Waals surface area (Å²) in [6.45, 7) is 2.33. The fourth-order valence-electron chi connectivity index (χ4n) is 2.79. The van der Waals surface area contributed by atoms with Crippen molar-refractivity contribution in [1.29, 1.82) is 0 Å². The van der Waals surface area contributed by atoms with Gasteiger partial charge in [-0.05, 0) is 42.8 Å². The summed E-state index contributed by atoms with van der Waals surface area (Å²) in [4.78, 5) is 10.6. The third-order valence-corrected chi connectivity index (χ3v) is 4.24. The van der Waals surface area contributed by atoms with Gasteiger partial charge in [0.15, 0.2) is 5.78 Å². The normalized spacial score (nSPS) is 12.0. The molecule has 2 aromatic carbocycles. The predicted molar refractivity (Wildman–Crippen MR) is 96.2 cm³/mol. The summed E-state index contributed by atoms with van der Waals surface area (Å²) in [6.07, 6.45) is 2.92. The topological polar surface area (TPSA) is 46.9 Å². The number of fused-ring (bicyclic) bond motifs is 2. The zero-order valence-electron chi connectivity index (χ0n) is 14.3. The molecule has 4 nitrogen and oxygen atoms in total. The first-order valence-corrected chi connectivity index (χ1v) is 8.12. The van der Waals surface area contributed by atoms with E-state index in [2.05, 4.69) is 34.7 Å². The third kappa shape index (κ3) is 3.94. The first-order chi connectivity index (χ1) is 12.0. The lowest BCUT2D eigenvalue weighted by atomic mass is 10.1. The highest BCUT2D eigenvalue weighted by molar-refractivity contribution is 5.93. The molecule has 2 heterocycles. The number of aryl methyl sites for hydroxylation is 1. The number of anilines is 1. The van der Waals surface area contributed by atoms with E-state index < -0.39 is 0 Å². The van der Waals surface area contributed by atoms with Gasteiger partial charge >= 0.3 is 0 Å². The molecule has 0 saturated heterocycles. The van der Waals surface area contributed by atoms with Crippen LogP contribution in [-0.4, -0.2) is 15.6 Å². The number of ketones is 1. The van der Waals surface area contributed by atoms with E-state index in [9.17, 15) is 9.18 Å². The van der Waals surface area contributed by atoms with E-state index >= 15 is 0 Å². The number of nitrogens with zero attached hydrogens (tertiary/aromatic N) is 2. The van der Waals surface area contributed by atoms with Crippen LogP contribution in [0.3, 0.4) is 0 Å². The number of nitrogens with one attached hydrogen (secondary N) is 1. The zero-order chi connectivity index (χ0) is 17.8. The quantitative estimate of drug-likeness (QED) is 0.684. The fourth-order valence-corrected chi connectivity index (χ4v) is 2.79. The molecule has 0 spiro atoms. The van der Waals surface area contributed by atoms with Crippen LogP contribution in [0.25, 0.3) is 0 Å². The van der Waals surface area contributed by atoms with Crippen molar-refractivity contribution in [2.75, 3.05) is 5.32 Å². The average molecular weight is 337 g/mol. The Labute approximate surface area is 146 Å². The Kier molecular flexibility index (Phi) is 4.93. The van der Waals surface area contributed by atoms with E-state index in [-0.39, 0.29) is 11.6 Å². The molecular weight excluding hydrogens is 317 g/mol. The summed E-state index contributed by atoms with van der Waals surface area (Å²) in [5.41, 5.74) is 5.75. The summed E-state index contributed by atoms with van der Waals surface area (Å²) >= 11 is 0. The van der Waals surface area contributed by atoms with Crippen molar-refractivity contribution in [3.05, 3.63) is 82.9 Å². The van der Waals surface area contributed by atoms with Gasteiger partial charge in [-0.25, -0.2) is 4.39 Å². The van der Waals surface area contributed by atoms with E-state index in [0.29, 0.717) is 5.56 Å². The minimum atomic E-state index is -0.315. The lowest BCUT2D eigenvalue weighted by molar-refractivity contribution is 0.101. The lowest BCUT2D eigenvalue weighted by Gasteiger charge is -2.06. The van der Waals surface area contributed by atoms with Crippen molar-refractivity contribution in [1.82, 2.24) is 9.78 Å². The standard InChI is InChI=1S/C12H13N3.C8H7FO/c1-15-12-6-9-4-2-3-5-11(9)13-7-10(12)8-14-15;1-6(10)7-2-4-8(9)5-3-7/h2-5,8,13H,6-7H2,1H3;2-5H,1H3. The molecular formula is C20H20FN3O. The maximum absolute atomic E-state index is 12.2. The summed E-state index contributed by atoms with van der Waals surface area (Å²) in [7, 11) is 2.01. The molecule has 1 aliphatic heterocycles. The van der Waals surface area contributed by atoms with Crippen molar-refractivity contribution in [2.45, 2.75) is 19.9 Å². The largest absolute Gasteiger partial charge is 0.381 e. The molecule has 0 radical (unpaired) electrons. The molecule has 3 aromatic rings. The van der Waals surface area contributed by atoms with E-state index in [0.717, 1.165) is 13.0 Å². The highest BCUT2D eigenvalue weighted by Crippen LogP contribution is 2.25. The second-order valence-corrected chi connectivity index (χ2v) is 5.99. The number of hydrogen-bond donors (Lipinski definition) is 1. The molecule has 4 rings (SSSR count). The molecule has 1 aliphatic rings. The van der Waals surface area contributed by atoms with Gasteiger partial charge in [0.1, 0.15) is 5.82 Å². The third-order valence-electron chi connectivity index (χ3n) is 4.24. The Bertz CT molecular complexity index is 884. The monoisotopic (exact) mass is 337 g/mol. The number of carbonyl (C=O) groups is 1. The Morgan fingerprint density at radius 3 is 2.56 bits per heavy atom.